The molecule has 3 heterocycles. The molecule has 0 bridgehead atoms. The summed E-state index contributed by atoms with van der Waals surface area (Å²) in [5.74, 6) is 2.31. The van der Waals surface area contributed by atoms with Crippen molar-refractivity contribution in [2.24, 2.45) is 13.0 Å². The number of fused-ring (bicyclic) bond motifs is 1. The number of aromatic nitrogens is 7. The highest BCUT2D eigenvalue weighted by atomic mass is 15.3. The van der Waals surface area contributed by atoms with Crippen molar-refractivity contribution in [2.45, 2.75) is 53.1 Å². The molecule has 0 saturated heterocycles. The van der Waals surface area contributed by atoms with E-state index < -0.39 is 0 Å². The molecule has 0 fully saturated rings. The number of anilines is 1. The predicted molar refractivity (Wildman–Crippen MR) is 102 cm³/mol. The van der Waals surface area contributed by atoms with Gasteiger partial charge in [0.15, 0.2) is 11.5 Å². The van der Waals surface area contributed by atoms with Crippen LogP contribution in [0, 0.1) is 5.92 Å². The zero-order valence-electron chi connectivity index (χ0n) is 16.3. The van der Waals surface area contributed by atoms with Gasteiger partial charge in [0, 0.05) is 20.6 Å². The summed E-state index contributed by atoms with van der Waals surface area (Å²) in [4.78, 5) is 11.2. The average Bonchev–Trinajstić information content (AvgIpc) is 3.16. The molecule has 3 aromatic heterocycles. The molecular weight excluding hydrogens is 328 g/mol. The normalized spacial score (nSPS) is 11.6. The van der Waals surface area contributed by atoms with Gasteiger partial charge in [-0.15, -0.1) is 10.2 Å². The Morgan fingerprint density at radius 2 is 2.04 bits per heavy atom. The van der Waals surface area contributed by atoms with Crippen molar-refractivity contribution in [3.63, 3.8) is 0 Å². The van der Waals surface area contributed by atoms with Crippen molar-refractivity contribution in [3.8, 4) is 0 Å². The third-order valence-electron chi connectivity index (χ3n) is 4.45. The van der Waals surface area contributed by atoms with Gasteiger partial charge in [0.1, 0.15) is 18.5 Å². The van der Waals surface area contributed by atoms with E-state index in [2.05, 4.69) is 45.8 Å². The molecule has 0 saturated carbocycles. The number of hydrogen-bond acceptors (Lipinski definition) is 6. The molecule has 0 aromatic carbocycles. The highest BCUT2D eigenvalue weighted by Gasteiger charge is 2.20. The van der Waals surface area contributed by atoms with Crippen molar-refractivity contribution in [3.05, 3.63) is 24.2 Å². The summed E-state index contributed by atoms with van der Waals surface area (Å²) in [5.41, 5.74) is 2.00. The second-order valence-corrected chi connectivity index (χ2v) is 7.23. The van der Waals surface area contributed by atoms with Gasteiger partial charge in [0.25, 0.3) is 0 Å². The van der Waals surface area contributed by atoms with E-state index in [0.717, 1.165) is 54.2 Å². The average molecular weight is 356 g/mol. The number of rotatable bonds is 8. The first-order valence-corrected chi connectivity index (χ1v) is 9.25. The number of nitrogens with zero attached hydrogens (tertiary/aromatic N) is 8. The first kappa shape index (κ1) is 18.3. The van der Waals surface area contributed by atoms with Gasteiger partial charge in [-0.05, 0) is 18.8 Å². The maximum atomic E-state index is 4.88. The van der Waals surface area contributed by atoms with Gasteiger partial charge >= 0.3 is 0 Å². The molecule has 8 heteroatoms. The van der Waals surface area contributed by atoms with Crippen LogP contribution in [0.15, 0.2) is 12.7 Å². The SMILES string of the molecule is CCCCn1nc(CC(C)C)c2c(N(C)Cc3nncn3C)ncnc21. The van der Waals surface area contributed by atoms with Gasteiger partial charge in [-0.3, -0.25) is 0 Å². The minimum Gasteiger partial charge on any atom is -0.351 e. The maximum Gasteiger partial charge on any atom is 0.163 e. The zero-order chi connectivity index (χ0) is 18.7. The fourth-order valence-corrected chi connectivity index (χ4v) is 3.08. The molecule has 0 N–H and O–H groups in total. The summed E-state index contributed by atoms with van der Waals surface area (Å²) < 4.78 is 3.96. The fraction of sp³-hybridized carbons (Fsp3) is 0.611. The van der Waals surface area contributed by atoms with Crippen LogP contribution in [-0.4, -0.2) is 41.6 Å². The number of hydrogen-bond donors (Lipinski definition) is 0. The third kappa shape index (κ3) is 3.68. The van der Waals surface area contributed by atoms with E-state index in [1.807, 2.05) is 23.3 Å². The Labute approximate surface area is 154 Å². The van der Waals surface area contributed by atoms with Crippen LogP contribution in [-0.2, 0) is 26.6 Å². The second kappa shape index (κ2) is 7.80. The number of aryl methyl sites for hydroxylation is 2. The highest BCUT2D eigenvalue weighted by Crippen LogP contribution is 2.28. The lowest BCUT2D eigenvalue weighted by atomic mass is 10.1. The zero-order valence-corrected chi connectivity index (χ0v) is 16.3. The van der Waals surface area contributed by atoms with Crippen molar-refractivity contribution in [1.29, 1.82) is 0 Å². The first-order valence-electron chi connectivity index (χ1n) is 9.25. The molecule has 0 unspecified atom stereocenters. The molecule has 0 radical (unpaired) electrons. The van der Waals surface area contributed by atoms with Gasteiger partial charge < -0.3 is 9.47 Å². The minimum absolute atomic E-state index is 0.518. The Morgan fingerprint density at radius 1 is 1.23 bits per heavy atom. The summed E-state index contributed by atoms with van der Waals surface area (Å²) in [5, 5.41) is 14.1. The summed E-state index contributed by atoms with van der Waals surface area (Å²) in [6.07, 6.45) is 6.48. The van der Waals surface area contributed by atoms with Crippen LogP contribution in [0.3, 0.4) is 0 Å². The predicted octanol–water partition coefficient (Wildman–Crippen LogP) is 2.59. The quantitative estimate of drug-likeness (QED) is 0.617. The Morgan fingerprint density at radius 3 is 2.69 bits per heavy atom. The highest BCUT2D eigenvalue weighted by molar-refractivity contribution is 5.89. The topological polar surface area (TPSA) is 77.5 Å². The summed E-state index contributed by atoms with van der Waals surface area (Å²) in [7, 11) is 3.98. The maximum absolute atomic E-state index is 4.88. The molecule has 26 heavy (non-hydrogen) atoms. The molecule has 8 nitrogen and oxygen atoms in total. The second-order valence-electron chi connectivity index (χ2n) is 7.23. The van der Waals surface area contributed by atoms with Gasteiger partial charge in [-0.1, -0.05) is 27.2 Å². The first-order chi connectivity index (χ1) is 12.5. The van der Waals surface area contributed by atoms with Gasteiger partial charge in [-0.25, -0.2) is 14.6 Å². The summed E-state index contributed by atoms with van der Waals surface area (Å²) >= 11 is 0. The van der Waals surface area contributed by atoms with Crippen LogP contribution in [0.25, 0.3) is 11.0 Å². The molecule has 0 spiro atoms. The van der Waals surface area contributed by atoms with Gasteiger partial charge in [-0.2, -0.15) is 5.10 Å². The standard InChI is InChI=1S/C18H28N8/c1-6-7-8-26-18-16(14(23-26)9-13(2)3)17(19-11-20-18)24(4)10-15-22-21-12-25(15)5/h11-13H,6-10H2,1-5H3. The Balaban J connectivity index is 2.03. The molecule has 140 valence electrons. The minimum atomic E-state index is 0.518. The van der Waals surface area contributed by atoms with E-state index in [-0.39, 0.29) is 0 Å². The van der Waals surface area contributed by atoms with Crippen LogP contribution >= 0.6 is 0 Å². The lowest BCUT2D eigenvalue weighted by molar-refractivity contribution is 0.562. The number of unbranched alkanes of at least 4 members (excludes halogenated alkanes) is 1. The molecule has 3 rings (SSSR count). The molecule has 0 aliphatic rings. The third-order valence-corrected chi connectivity index (χ3v) is 4.45. The smallest absolute Gasteiger partial charge is 0.163 e. The summed E-state index contributed by atoms with van der Waals surface area (Å²) in [6.45, 7) is 8.13. The van der Waals surface area contributed by atoms with E-state index in [0.29, 0.717) is 12.5 Å². The van der Waals surface area contributed by atoms with E-state index in [4.69, 9.17) is 5.10 Å². The molecule has 0 aliphatic carbocycles. The van der Waals surface area contributed by atoms with Crippen LogP contribution in [0.1, 0.15) is 45.1 Å². The molecule has 3 aromatic rings. The lowest BCUT2D eigenvalue weighted by Gasteiger charge is -2.18. The van der Waals surface area contributed by atoms with Crippen molar-refractivity contribution < 1.29 is 0 Å². The van der Waals surface area contributed by atoms with Crippen molar-refractivity contribution >= 4 is 16.9 Å². The van der Waals surface area contributed by atoms with Crippen LogP contribution in [0.5, 0.6) is 0 Å². The lowest BCUT2D eigenvalue weighted by Crippen LogP contribution is -2.20. The van der Waals surface area contributed by atoms with Crippen LogP contribution in [0.2, 0.25) is 0 Å². The fourth-order valence-electron chi connectivity index (χ4n) is 3.08. The Bertz CT molecular complexity index is 863. The van der Waals surface area contributed by atoms with Crippen molar-refractivity contribution in [2.75, 3.05) is 11.9 Å². The Kier molecular flexibility index (Phi) is 5.49. The van der Waals surface area contributed by atoms with Gasteiger partial charge in [0.2, 0.25) is 0 Å². The van der Waals surface area contributed by atoms with E-state index in [1.54, 1.807) is 12.7 Å². The molecular formula is C18H28N8. The molecule has 0 amide bonds. The Hall–Kier alpha value is -2.51. The largest absolute Gasteiger partial charge is 0.351 e. The van der Waals surface area contributed by atoms with E-state index in [9.17, 15) is 0 Å². The van der Waals surface area contributed by atoms with Crippen LogP contribution < -0.4 is 4.90 Å². The molecule has 0 aliphatic heterocycles. The summed E-state index contributed by atoms with van der Waals surface area (Å²) in [6, 6.07) is 0. The molecule has 0 atom stereocenters. The van der Waals surface area contributed by atoms with E-state index >= 15 is 0 Å². The monoisotopic (exact) mass is 356 g/mol. The van der Waals surface area contributed by atoms with Crippen molar-refractivity contribution in [1.82, 2.24) is 34.5 Å². The van der Waals surface area contributed by atoms with E-state index in [1.165, 1.54) is 0 Å². The van der Waals surface area contributed by atoms with Gasteiger partial charge in [0.05, 0.1) is 17.6 Å². The van der Waals surface area contributed by atoms with Crippen LogP contribution in [0.4, 0.5) is 5.82 Å².